The fourth-order valence-corrected chi connectivity index (χ4v) is 3.31. The average molecular weight is 297 g/mol. The van der Waals surface area contributed by atoms with E-state index in [2.05, 4.69) is 41.9 Å². The minimum Gasteiger partial charge on any atom is -0.389 e. The van der Waals surface area contributed by atoms with E-state index in [9.17, 15) is 5.11 Å². The van der Waals surface area contributed by atoms with Crippen LogP contribution in [0.2, 0.25) is 0 Å². The van der Waals surface area contributed by atoms with Crippen molar-refractivity contribution in [1.82, 2.24) is 0 Å². The van der Waals surface area contributed by atoms with Crippen LogP contribution in [-0.4, -0.2) is 10.7 Å². The van der Waals surface area contributed by atoms with Gasteiger partial charge in [0.1, 0.15) is 0 Å². The SMILES string of the molecule is CC1(C)CCCCC1(O)Cc1cccc(Br)c1. The lowest BCUT2D eigenvalue weighted by atomic mass is 9.63. The minimum atomic E-state index is -0.550. The Bertz CT molecular complexity index is 400. The Labute approximate surface area is 112 Å². The molecular weight excluding hydrogens is 276 g/mol. The molecule has 2 rings (SSSR count). The third-order valence-corrected chi connectivity index (χ3v) is 4.78. The molecule has 1 aromatic rings. The normalized spacial score (nSPS) is 28.0. The zero-order valence-corrected chi connectivity index (χ0v) is 12.3. The van der Waals surface area contributed by atoms with Gasteiger partial charge in [-0.05, 0) is 36.0 Å². The summed E-state index contributed by atoms with van der Waals surface area (Å²) in [7, 11) is 0. The Kier molecular flexibility index (Phi) is 3.65. The van der Waals surface area contributed by atoms with Crippen molar-refractivity contribution in [1.29, 1.82) is 0 Å². The van der Waals surface area contributed by atoms with E-state index in [1.54, 1.807) is 0 Å². The number of hydrogen-bond acceptors (Lipinski definition) is 1. The Morgan fingerprint density at radius 3 is 2.59 bits per heavy atom. The van der Waals surface area contributed by atoms with E-state index >= 15 is 0 Å². The molecule has 1 atom stereocenters. The first-order chi connectivity index (χ1) is 7.93. The van der Waals surface area contributed by atoms with E-state index in [0.717, 1.165) is 30.2 Å². The summed E-state index contributed by atoms with van der Waals surface area (Å²) in [5.41, 5.74) is 0.691. The molecule has 1 N–H and O–H groups in total. The second-order valence-electron chi connectivity index (χ2n) is 5.93. The smallest absolute Gasteiger partial charge is 0.0738 e. The summed E-state index contributed by atoms with van der Waals surface area (Å²) < 4.78 is 1.09. The number of rotatable bonds is 2. The molecule has 0 bridgehead atoms. The predicted octanol–water partition coefficient (Wildman–Crippen LogP) is 4.32. The Morgan fingerprint density at radius 2 is 1.94 bits per heavy atom. The van der Waals surface area contributed by atoms with Gasteiger partial charge >= 0.3 is 0 Å². The molecule has 0 amide bonds. The third-order valence-electron chi connectivity index (χ3n) is 4.29. The minimum absolute atomic E-state index is 0.0214. The molecule has 1 fully saturated rings. The van der Waals surface area contributed by atoms with Gasteiger partial charge in [0.15, 0.2) is 0 Å². The summed E-state index contributed by atoms with van der Waals surface area (Å²) in [6.07, 6.45) is 5.20. The first-order valence-electron chi connectivity index (χ1n) is 6.40. The number of aliphatic hydroxyl groups is 1. The third kappa shape index (κ3) is 2.74. The van der Waals surface area contributed by atoms with Crippen molar-refractivity contribution in [2.24, 2.45) is 5.41 Å². The molecule has 1 aliphatic carbocycles. The van der Waals surface area contributed by atoms with Crippen molar-refractivity contribution in [2.45, 2.75) is 51.6 Å². The molecular formula is C15H21BrO. The molecule has 17 heavy (non-hydrogen) atoms. The van der Waals surface area contributed by atoms with Gasteiger partial charge in [0, 0.05) is 10.9 Å². The fourth-order valence-electron chi connectivity index (χ4n) is 2.87. The highest BCUT2D eigenvalue weighted by Crippen LogP contribution is 2.45. The standard InChI is InChI=1S/C15H21BrO/c1-14(2)8-3-4-9-15(14,17)11-12-6-5-7-13(16)10-12/h5-7,10,17H,3-4,8-9,11H2,1-2H3. The highest BCUT2D eigenvalue weighted by Gasteiger charge is 2.44. The summed E-state index contributed by atoms with van der Waals surface area (Å²) in [6.45, 7) is 4.40. The molecule has 0 radical (unpaired) electrons. The van der Waals surface area contributed by atoms with Gasteiger partial charge in [-0.1, -0.05) is 54.8 Å². The van der Waals surface area contributed by atoms with Crippen LogP contribution in [0.15, 0.2) is 28.7 Å². The Balaban J connectivity index is 2.21. The van der Waals surface area contributed by atoms with Crippen molar-refractivity contribution in [3.63, 3.8) is 0 Å². The first kappa shape index (κ1) is 13.1. The van der Waals surface area contributed by atoms with Crippen molar-refractivity contribution in [2.75, 3.05) is 0 Å². The molecule has 94 valence electrons. The van der Waals surface area contributed by atoms with Crippen LogP contribution < -0.4 is 0 Å². The molecule has 1 aliphatic rings. The van der Waals surface area contributed by atoms with Gasteiger partial charge in [0.05, 0.1) is 5.60 Å². The van der Waals surface area contributed by atoms with Gasteiger partial charge < -0.3 is 5.11 Å². The van der Waals surface area contributed by atoms with E-state index < -0.39 is 5.60 Å². The summed E-state index contributed by atoms with van der Waals surface area (Å²) in [6, 6.07) is 8.29. The van der Waals surface area contributed by atoms with Crippen LogP contribution in [0.3, 0.4) is 0 Å². The molecule has 0 spiro atoms. The van der Waals surface area contributed by atoms with Crippen LogP contribution in [0.4, 0.5) is 0 Å². The highest BCUT2D eigenvalue weighted by atomic mass is 79.9. The quantitative estimate of drug-likeness (QED) is 0.861. The van der Waals surface area contributed by atoms with Gasteiger partial charge in [0.2, 0.25) is 0 Å². The highest BCUT2D eigenvalue weighted by molar-refractivity contribution is 9.10. The maximum atomic E-state index is 10.9. The molecule has 1 unspecified atom stereocenters. The summed E-state index contributed by atoms with van der Waals surface area (Å²) in [5, 5.41) is 10.9. The van der Waals surface area contributed by atoms with Crippen LogP contribution in [0.1, 0.15) is 45.1 Å². The van der Waals surface area contributed by atoms with Crippen LogP contribution >= 0.6 is 15.9 Å². The molecule has 1 saturated carbocycles. The lowest BCUT2D eigenvalue weighted by Gasteiger charge is -2.46. The zero-order chi connectivity index (χ0) is 12.5. The molecule has 0 aromatic heterocycles. The lowest BCUT2D eigenvalue weighted by Crippen LogP contribution is -2.48. The topological polar surface area (TPSA) is 20.2 Å². The van der Waals surface area contributed by atoms with Crippen molar-refractivity contribution in [3.05, 3.63) is 34.3 Å². The van der Waals surface area contributed by atoms with E-state index in [1.165, 1.54) is 12.0 Å². The molecule has 0 saturated heterocycles. The molecule has 2 heteroatoms. The Hall–Kier alpha value is -0.340. The summed E-state index contributed by atoms with van der Waals surface area (Å²) in [4.78, 5) is 0. The lowest BCUT2D eigenvalue weighted by molar-refractivity contribution is -0.0958. The number of hydrogen-bond donors (Lipinski definition) is 1. The van der Waals surface area contributed by atoms with Gasteiger partial charge in [0.25, 0.3) is 0 Å². The van der Waals surface area contributed by atoms with E-state index in [-0.39, 0.29) is 5.41 Å². The predicted molar refractivity (Wildman–Crippen MR) is 75.0 cm³/mol. The fraction of sp³-hybridized carbons (Fsp3) is 0.600. The van der Waals surface area contributed by atoms with Crippen molar-refractivity contribution in [3.8, 4) is 0 Å². The van der Waals surface area contributed by atoms with Gasteiger partial charge in [-0.2, -0.15) is 0 Å². The van der Waals surface area contributed by atoms with Gasteiger partial charge in [-0.25, -0.2) is 0 Å². The molecule has 0 heterocycles. The summed E-state index contributed by atoms with van der Waals surface area (Å²) >= 11 is 3.49. The average Bonchev–Trinajstić information content (AvgIpc) is 2.23. The number of halogens is 1. The van der Waals surface area contributed by atoms with Gasteiger partial charge in [-0.3, -0.25) is 0 Å². The maximum absolute atomic E-state index is 10.9. The second kappa shape index (κ2) is 4.74. The van der Waals surface area contributed by atoms with E-state index in [0.29, 0.717) is 0 Å². The largest absolute Gasteiger partial charge is 0.389 e. The van der Waals surface area contributed by atoms with Gasteiger partial charge in [-0.15, -0.1) is 0 Å². The molecule has 0 aliphatic heterocycles. The van der Waals surface area contributed by atoms with E-state index in [1.807, 2.05) is 12.1 Å². The zero-order valence-electron chi connectivity index (χ0n) is 10.7. The Morgan fingerprint density at radius 1 is 1.24 bits per heavy atom. The van der Waals surface area contributed by atoms with Crippen LogP contribution in [0.5, 0.6) is 0 Å². The number of benzene rings is 1. The molecule has 1 aromatic carbocycles. The maximum Gasteiger partial charge on any atom is 0.0738 e. The van der Waals surface area contributed by atoms with Crippen LogP contribution in [0.25, 0.3) is 0 Å². The molecule has 1 nitrogen and oxygen atoms in total. The van der Waals surface area contributed by atoms with Crippen LogP contribution in [0, 0.1) is 5.41 Å². The second-order valence-corrected chi connectivity index (χ2v) is 6.84. The van der Waals surface area contributed by atoms with Crippen LogP contribution in [-0.2, 0) is 6.42 Å². The monoisotopic (exact) mass is 296 g/mol. The van der Waals surface area contributed by atoms with E-state index in [4.69, 9.17) is 0 Å². The van der Waals surface area contributed by atoms with Crippen molar-refractivity contribution < 1.29 is 5.11 Å². The van der Waals surface area contributed by atoms with Crippen molar-refractivity contribution >= 4 is 15.9 Å². The summed E-state index contributed by atoms with van der Waals surface area (Å²) in [5.74, 6) is 0. The first-order valence-corrected chi connectivity index (χ1v) is 7.19.